The molecule has 0 radical (unpaired) electrons. The Balaban J connectivity index is 3.74. The lowest BCUT2D eigenvalue weighted by Gasteiger charge is -2.15. The fourth-order valence-electron chi connectivity index (χ4n) is 1.25. The van der Waals surface area contributed by atoms with Crippen LogP contribution >= 0.6 is 0 Å². The van der Waals surface area contributed by atoms with E-state index in [1.54, 1.807) is 0 Å². The van der Waals surface area contributed by atoms with Crippen molar-refractivity contribution in [1.82, 2.24) is 0 Å². The summed E-state index contributed by atoms with van der Waals surface area (Å²) in [5, 5.41) is 0. The molecule has 0 saturated carbocycles. The van der Waals surface area contributed by atoms with Crippen LogP contribution in [0.2, 0.25) is 0 Å². The molecule has 0 aromatic carbocycles. The Labute approximate surface area is 74.3 Å². The van der Waals surface area contributed by atoms with Crippen LogP contribution in [0.15, 0.2) is 0 Å². The first kappa shape index (κ1) is 11.4. The van der Waals surface area contributed by atoms with Crippen molar-refractivity contribution in [3.05, 3.63) is 0 Å². The molecule has 0 aliphatic heterocycles. The number of hydrogen-bond donors (Lipinski definition) is 1. The third-order valence-corrected chi connectivity index (χ3v) is 1.82. The third-order valence-electron chi connectivity index (χ3n) is 1.82. The predicted molar refractivity (Wildman–Crippen MR) is 48.6 cm³/mol. The van der Waals surface area contributed by atoms with E-state index in [1.165, 1.54) is 7.11 Å². The lowest BCUT2D eigenvalue weighted by Crippen LogP contribution is -2.20. The van der Waals surface area contributed by atoms with Gasteiger partial charge in [-0.1, -0.05) is 13.8 Å². The van der Waals surface area contributed by atoms with Crippen LogP contribution in [0.5, 0.6) is 0 Å². The van der Waals surface area contributed by atoms with E-state index in [-0.39, 0.29) is 11.9 Å². The van der Waals surface area contributed by atoms with Crippen LogP contribution < -0.4 is 5.73 Å². The van der Waals surface area contributed by atoms with Gasteiger partial charge in [-0.3, -0.25) is 4.79 Å². The van der Waals surface area contributed by atoms with Crippen molar-refractivity contribution in [3.8, 4) is 0 Å². The van der Waals surface area contributed by atoms with Crippen LogP contribution in [0.1, 0.15) is 26.7 Å². The molecule has 0 spiro atoms. The molecule has 0 saturated heterocycles. The highest BCUT2D eigenvalue weighted by Crippen LogP contribution is 2.14. The van der Waals surface area contributed by atoms with Gasteiger partial charge in [0, 0.05) is 6.42 Å². The van der Waals surface area contributed by atoms with E-state index in [0.29, 0.717) is 18.9 Å². The molecule has 3 nitrogen and oxygen atoms in total. The third kappa shape index (κ3) is 5.13. The lowest BCUT2D eigenvalue weighted by atomic mass is 9.94. The molecule has 3 heteroatoms. The fourth-order valence-corrected chi connectivity index (χ4v) is 1.25. The predicted octanol–water partition coefficient (Wildman–Crippen LogP) is 1.17. The summed E-state index contributed by atoms with van der Waals surface area (Å²) in [5.41, 5.74) is 5.52. The minimum atomic E-state index is -0.161. The average molecular weight is 173 g/mol. The van der Waals surface area contributed by atoms with Crippen LogP contribution in [-0.2, 0) is 9.53 Å². The Morgan fingerprint density at radius 3 is 2.42 bits per heavy atom. The topological polar surface area (TPSA) is 52.3 Å². The zero-order chi connectivity index (χ0) is 9.56. The molecule has 0 aromatic heterocycles. The minimum Gasteiger partial charge on any atom is -0.469 e. The maximum Gasteiger partial charge on any atom is 0.305 e. The first-order valence-corrected chi connectivity index (χ1v) is 4.37. The quantitative estimate of drug-likeness (QED) is 0.635. The number of methoxy groups -OCH3 is 1. The standard InChI is InChI=1S/C9H19NO2/c1-7(2)4-8(6-10)5-9(11)12-3/h7-8H,4-6,10H2,1-3H3/t8-/m1/s1. The minimum absolute atomic E-state index is 0.161. The smallest absolute Gasteiger partial charge is 0.305 e. The summed E-state index contributed by atoms with van der Waals surface area (Å²) >= 11 is 0. The molecular weight excluding hydrogens is 154 g/mol. The maximum atomic E-state index is 10.9. The molecule has 0 unspecified atom stereocenters. The summed E-state index contributed by atoms with van der Waals surface area (Å²) in [6, 6.07) is 0. The second kappa shape index (κ2) is 6.00. The van der Waals surface area contributed by atoms with Crippen LogP contribution in [0.25, 0.3) is 0 Å². The second-order valence-corrected chi connectivity index (χ2v) is 3.51. The van der Waals surface area contributed by atoms with Gasteiger partial charge in [-0.2, -0.15) is 0 Å². The molecule has 72 valence electrons. The highest BCUT2D eigenvalue weighted by atomic mass is 16.5. The summed E-state index contributed by atoms with van der Waals surface area (Å²) in [4.78, 5) is 10.9. The van der Waals surface area contributed by atoms with E-state index in [0.717, 1.165) is 6.42 Å². The van der Waals surface area contributed by atoms with Crippen molar-refractivity contribution < 1.29 is 9.53 Å². The van der Waals surface area contributed by atoms with E-state index in [9.17, 15) is 4.79 Å². The molecule has 0 amide bonds. The van der Waals surface area contributed by atoms with Gasteiger partial charge in [0.25, 0.3) is 0 Å². The van der Waals surface area contributed by atoms with Crippen molar-refractivity contribution in [1.29, 1.82) is 0 Å². The Kier molecular flexibility index (Phi) is 5.72. The zero-order valence-electron chi connectivity index (χ0n) is 8.17. The second-order valence-electron chi connectivity index (χ2n) is 3.51. The molecule has 0 rings (SSSR count). The van der Waals surface area contributed by atoms with Crippen molar-refractivity contribution in [3.63, 3.8) is 0 Å². The van der Waals surface area contributed by atoms with Gasteiger partial charge in [-0.15, -0.1) is 0 Å². The highest BCUT2D eigenvalue weighted by molar-refractivity contribution is 5.69. The molecular formula is C9H19NO2. The van der Waals surface area contributed by atoms with Gasteiger partial charge < -0.3 is 10.5 Å². The molecule has 0 aliphatic carbocycles. The Hall–Kier alpha value is -0.570. The number of esters is 1. The van der Waals surface area contributed by atoms with Crippen molar-refractivity contribution in [2.24, 2.45) is 17.6 Å². The van der Waals surface area contributed by atoms with Gasteiger partial charge in [0.15, 0.2) is 0 Å². The van der Waals surface area contributed by atoms with E-state index >= 15 is 0 Å². The SMILES string of the molecule is COC(=O)C[C@H](CN)CC(C)C. The van der Waals surface area contributed by atoms with Crippen molar-refractivity contribution in [2.45, 2.75) is 26.7 Å². The molecule has 12 heavy (non-hydrogen) atoms. The Morgan fingerprint density at radius 1 is 1.50 bits per heavy atom. The van der Waals surface area contributed by atoms with E-state index < -0.39 is 0 Å². The molecule has 0 fully saturated rings. The molecule has 0 heterocycles. The zero-order valence-corrected chi connectivity index (χ0v) is 8.17. The normalized spacial score (nSPS) is 13.1. The molecule has 0 bridgehead atoms. The first-order valence-electron chi connectivity index (χ1n) is 4.37. The van der Waals surface area contributed by atoms with E-state index in [2.05, 4.69) is 18.6 Å². The van der Waals surface area contributed by atoms with Crippen LogP contribution in [-0.4, -0.2) is 19.6 Å². The first-order chi connectivity index (χ1) is 5.60. The highest BCUT2D eigenvalue weighted by Gasteiger charge is 2.13. The van der Waals surface area contributed by atoms with Gasteiger partial charge >= 0.3 is 5.97 Å². The monoisotopic (exact) mass is 173 g/mol. The van der Waals surface area contributed by atoms with Gasteiger partial charge in [-0.25, -0.2) is 0 Å². The van der Waals surface area contributed by atoms with E-state index in [4.69, 9.17) is 5.73 Å². The lowest BCUT2D eigenvalue weighted by molar-refractivity contribution is -0.141. The summed E-state index contributed by atoms with van der Waals surface area (Å²) in [7, 11) is 1.41. The molecule has 0 aliphatic rings. The van der Waals surface area contributed by atoms with Crippen LogP contribution in [0, 0.1) is 11.8 Å². The molecule has 1 atom stereocenters. The van der Waals surface area contributed by atoms with Gasteiger partial charge in [-0.05, 0) is 24.8 Å². The Bertz CT molecular complexity index is 134. The van der Waals surface area contributed by atoms with Crippen LogP contribution in [0.3, 0.4) is 0 Å². The number of nitrogens with two attached hydrogens (primary N) is 1. The van der Waals surface area contributed by atoms with Crippen molar-refractivity contribution >= 4 is 5.97 Å². The largest absolute Gasteiger partial charge is 0.469 e. The number of carbonyl (C=O) groups excluding carboxylic acids is 1. The summed E-state index contributed by atoms with van der Waals surface area (Å²) in [5.74, 6) is 0.701. The van der Waals surface area contributed by atoms with Crippen LogP contribution in [0.4, 0.5) is 0 Å². The van der Waals surface area contributed by atoms with Gasteiger partial charge in [0.05, 0.1) is 7.11 Å². The number of ether oxygens (including phenoxy) is 1. The van der Waals surface area contributed by atoms with Crippen molar-refractivity contribution in [2.75, 3.05) is 13.7 Å². The average Bonchev–Trinajstić information content (AvgIpc) is 2.02. The molecule has 0 aromatic rings. The van der Waals surface area contributed by atoms with Gasteiger partial charge in [0.1, 0.15) is 0 Å². The van der Waals surface area contributed by atoms with E-state index in [1.807, 2.05) is 0 Å². The number of rotatable bonds is 5. The maximum absolute atomic E-state index is 10.9. The van der Waals surface area contributed by atoms with Gasteiger partial charge in [0.2, 0.25) is 0 Å². The Morgan fingerprint density at radius 2 is 2.08 bits per heavy atom. The summed E-state index contributed by atoms with van der Waals surface area (Å²) < 4.78 is 4.57. The molecule has 2 N–H and O–H groups in total. The number of hydrogen-bond acceptors (Lipinski definition) is 3. The number of carbonyl (C=O) groups is 1. The summed E-state index contributed by atoms with van der Waals surface area (Å²) in [6.45, 7) is 4.81. The fraction of sp³-hybridized carbons (Fsp3) is 0.889. The summed E-state index contributed by atoms with van der Waals surface area (Å²) in [6.07, 6.45) is 1.44.